The lowest BCUT2D eigenvalue weighted by atomic mass is 9.89. The van der Waals surface area contributed by atoms with Crippen LogP contribution in [0.1, 0.15) is 18.4 Å². The zero-order valence-electron chi connectivity index (χ0n) is 12.8. The second-order valence-electron chi connectivity index (χ2n) is 5.99. The van der Waals surface area contributed by atoms with Crippen molar-refractivity contribution < 1.29 is 4.79 Å². The second kappa shape index (κ2) is 7.02. The lowest BCUT2D eigenvalue weighted by Gasteiger charge is -2.32. The molecule has 0 aromatic heterocycles. The molecule has 0 bridgehead atoms. The molecule has 1 aromatic rings. The molecule has 0 radical (unpaired) electrons. The highest BCUT2D eigenvalue weighted by Crippen LogP contribution is 2.19. The van der Waals surface area contributed by atoms with Crippen molar-refractivity contribution in [2.24, 2.45) is 11.5 Å². The summed E-state index contributed by atoms with van der Waals surface area (Å²) in [5, 5.41) is 0. The summed E-state index contributed by atoms with van der Waals surface area (Å²) in [4.78, 5) is 16.4. The van der Waals surface area contributed by atoms with Gasteiger partial charge in [-0.15, -0.1) is 0 Å². The van der Waals surface area contributed by atoms with Crippen molar-refractivity contribution in [2.75, 3.05) is 39.8 Å². The van der Waals surface area contributed by atoms with Gasteiger partial charge >= 0.3 is 0 Å². The van der Waals surface area contributed by atoms with Gasteiger partial charge in [-0.25, -0.2) is 0 Å². The average Bonchev–Trinajstić information content (AvgIpc) is 2.99. The summed E-state index contributed by atoms with van der Waals surface area (Å²) in [5.74, 6) is -0.485. The molecule has 1 fully saturated rings. The van der Waals surface area contributed by atoms with Crippen molar-refractivity contribution in [1.29, 1.82) is 0 Å². The summed E-state index contributed by atoms with van der Waals surface area (Å²) < 4.78 is 0. The van der Waals surface area contributed by atoms with Gasteiger partial charge in [0.25, 0.3) is 0 Å². The first kappa shape index (κ1) is 15.9. The standard InChI is InChI=1S/C16H26N4O/c1-19(11-12-20-9-5-6-10-20)13-16(18,15(17)21)14-7-3-2-4-8-14/h2-4,7-8H,5-6,9-13,18H2,1H3,(H2,17,21). The number of likely N-dealkylation sites (tertiary alicyclic amines) is 1. The first-order valence-corrected chi connectivity index (χ1v) is 7.57. The highest BCUT2D eigenvalue weighted by Gasteiger charge is 2.35. The minimum atomic E-state index is -1.14. The number of nitrogens with two attached hydrogens (primary N) is 2. The number of carbonyl (C=O) groups is 1. The van der Waals surface area contributed by atoms with Crippen LogP contribution < -0.4 is 11.5 Å². The predicted octanol–water partition coefficient (Wildman–Crippen LogP) is 0.354. The topological polar surface area (TPSA) is 75.6 Å². The van der Waals surface area contributed by atoms with Crippen molar-refractivity contribution in [1.82, 2.24) is 9.80 Å². The Morgan fingerprint density at radius 2 is 1.90 bits per heavy atom. The van der Waals surface area contributed by atoms with Gasteiger partial charge in [0.1, 0.15) is 5.54 Å². The molecule has 21 heavy (non-hydrogen) atoms. The number of hydrogen-bond donors (Lipinski definition) is 2. The van der Waals surface area contributed by atoms with Gasteiger partial charge in [0.2, 0.25) is 5.91 Å². The second-order valence-corrected chi connectivity index (χ2v) is 5.99. The van der Waals surface area contributed by atoms with Gasteiger partial charge in [-0.3, -0.25) is 4.79 Å². The van der Waals surface area contributed by atoms with Gasteiger partial charge in [-0.05, 0) is 38.5 Å². The van der Waals surface area contributed by atoms with Crippen LogP contribution in [0.4, 0.5) is 0 Å². The number of primary amides is 1. The van der Waals surface area contributed by atoms with Crippen LogP contribution in [0, 0.1) is 0 Å². The van der Waals surface area contributed by atoms with Crippen LogP contribution >= 0.6 is 0 Å². The molecule has 0 spiro atoms. The van der Waals surface area contributed by atoms with Crippen molar-refractivity contribution >= 4 is 5.91 Å². The average molecular weight is 290 g/mol. The molecule has 1 aliphatic rings. The number of likely N-dealkylation sites (N-methyl/N-ethyl adjacent to an activating group) is 1. The van der Waals surface area contributed by atoms with E-state index in [1.807, 2.05) is 37.4 Å². The van der Waals surface area contributed by atoms with Crippen molar-refractivity contribution in [2.45, 2.75) is 18.4 Å². The minimum Gasteiger partial charge on any atom is -0.368 e. The fourth-order valence-electron chi connectivity index (χ4n) is 2.87. The Morgan fingerprint density at radius 1 is 1.29 bits per heavy atom. The molecule has 2 rings (SSSR count). The Balaban J connectivity index is 1.97. The fourth-order valence-corrected chi connectivity index (χ4v) is 2.87. The fraction of sp³-hybridized carbons (Fsp3) is 0.562. The first-order chi connectivity index (χ1) is 10.0. The summed E-state index contributed by atoms with van der Waals surface area (Å²) in [7, 11) is 1.99. The zero-order valence-corrected chi connectivity index (χ0v) is 12.8. The summed E-state index contributed by atoms with van der Waals surface area (Å²) in [6, 6.07) is 9.38. The molecule has 0 aliphatic carbocycles. The molecule has 0 saturated carbocycles. The predicted molar refractivity (Wildman–Crippen MR) is 84.7 cm³/mol. The molecule has 116 valence electrons. The summed E-state index contributed by atoms with van der Waals surface area (Å²) in [6.07, 6.45) is 2.58. The molecule has 1 saturated heterocycles. The van der Waals surface area contributed by atoms with Gasteiger partial charge in [-0.1, -0.05) is 30.3 Å². The number of nitrogens with zero attached hydrogens (tertiary/aromatic N) is 2. The van der Waals surface area contributed by atoms with Crippen LogP contribution in [0.2, 0.25) is 0 Å². The SMILES string of the molecule is CN(CCN1CCCC1)CC(N)(C(N)=O)c1ccccc1. The first-order valence-electron chi connectivity index (χ1n) is 7.57. The Hall–Kier alpha value is -1.43. The van der Waals surface area contributed by atoms with E-state index in [1.165, 1.54) is 25.9 Å². The lowest BCUT2D eigenvalue weighted by Crippen LogP contribution is -2.56. The monoisotopic (exact) mass is 290 g/mol. The molecule has 1 atom stereocenters. The number of amides is 1. The van der Waals surface area contributed by atoms with Gasteiger partial charge < -0.3 is 21.3 Å². The van der Waals surface area contributed by atoms with E-state index in [1.54, 1.807) is 0 Å². The Labute approximate surface area is 126 Å². The molecule has 5 nitrogen and oxygen atoms in total. The smallest absolute Gasteiger partial charge is 0.243 e. The van der Waals surface area contributed by atoms with Crippen LogP contribution in [0.15, 0.2) is 30.3 Å². The maximum Gasteiger partial charge on any atom is 0.243 e. The molecule has 1 heterocycles. The van der Waals surface area contributed by atoms with E-state index < -0.39 is 11.4 Å². The van der Waals surface area contributed by atoms with Gasteiger partial charge in [0.15, 0.2) is 0 Å². The third kappa shape index (κ3) is 4.03. The highest BCUT2D eigenvalue weighted by molar-refractivity contribution is 5.86. The normalized spacial score (nSPS) is 18.8. The summed E-state index contributed by atoms with van der Waals surface area (Å²) in [5.41, 5.74) is 11.5. The third-order valence-electron chi connectivity index (χ3n) is 4.24. The van der Waals surface area contributed by atoms with Crippen LogP contribution in [0.25, 0.3) is 0 Å². The number of benzene rings is 1. The summed E-state index contributed by atoms with van der Waals surface area (Å²) in [6.45, 7) is 4.69. The van der Waals surface area contributed by atoms with Crippen LogP contribution in [0.3, 0.4) is 0 Å². The van der Waals surface area contributed by atoms with E-state index in [-0.39, 0.29) is 0 Å². The van der Waals surface area contributed by atoms with Crippen molar-refractivity contribution in [3.8, 4) is 0 Å². The quantitative estimate of drug-likeness (QED) is 0.760. The molecular formula is C16H26N4O. The third-order valence-corrected chi connectivity index (χ3v) is 4.24. The van der Waals surface area contributed by atoms with Crippen LogP contribution in [0.5, 0.6) is 0 Å². The van der Waals surface area contributed by atoms with Crippen LogP contribution in [-0.2, 0) is 10.3 Å². The minimum absolute atomic E-state index is 0.431. The van der Waals surface area contributed by atoms with E-state index in [9.17, 15) is 4.79 Å². The van der Waals surface area contributed by atoms with E-state index in [4.69, 9.17) is 11.5 Å². The van der Waals surface area contributed by atoms with Gasteiger partial charge in [0, 0.05) is 19.6 Å². The maximum atomic E-state index is 11.9. The van der Waals surface area contributed by atoms with E-state index in [0.29, 0.717) is 6.54 Å². The van der Waals surface area contributed by atoms with Crippen molar-refractivity contribution in [3.05, 3.63) is 35.9 Å². The van der Waals surface area contributed by atoms with E-state index in [0.717, 1.165) is 18.7 Å². The summed E-state index contributed by atoms with van der Waals surface area (Å²) >= 11 is 0. The van der Waals surface area contributed by atoms with Crippen LogP contribution in [-0.4, -0.2) is 55.5 Å². The highest BCUT2D eigenvalue weighted by atomic mass is 16.1. The molecular weight excluding hydrogens is 264 g/mol. The van der Waals surface area contributed by atoms with E-state index >= 15 is 0 Å². The van der Waals surface area contributed by atoms with Gasteiger partial charge in [0.05, 0.1) is 0 Å². The van der Waals surface area contributed by atoms with E-state index in [2.05, 4.69) is 9.80 Å². The Bertz CT molecular complexity index is 459. The number of rotatable bonds is 7. The zero-order chi connectivity index (χ0) is 15.3. The molecule has 5 heteroatoms. The largest absolute Gasteiger partial charge is 0.368 e. The van der Waals surface area contributed by atoms with Gasteiger partial charge in [-0.2, -0.15) is 0 Å². The Morgan fingerprint density at radius 3 is 2.48 bits per heavy atom. The number of hydrogen-bond acceptors (Lipinski definition) is 4. The number of carbonyl (C=O) groups excluding carboxylic acids is 1. The molecule has 1 aliphatic heterocycles. The maximum absolute atomic E-state index is 11.9. The molecule has 1 aromatic carbocycles. The molecule has 1 unspecified atom stereocenters. The van der Waals surface area contributed by atoms with Crippen molar-refractivity contribution in [3.63, 3.8) is 0 Å². The molecule has 4 N–H and O–H groups in total. The molecule has 1 amide bonds. The Kier molecular flexibility index (Phi) is 5.33. The lowest BCUT2D eigenvalue weighted by molar-refractivity contribution is -0.124.